The Balaban J connectivity index is 3.26. The summed E-state index contributed by atoms with van der Waals surface area (Å²) in [5, 5.41) is 0. The van der Waals surface area contributed by atoms with Crippen molar-refractivity contribution >= 4 is 30.1 Å². The average Bonchev–Trinajstić information content (AvgIpc) is 2.39. The predicted octanol–water partition coefficient (Wildman–Crippen LogP) is 0.695. The molecule has 1 aromatic carbocycles. The average molecular weight is 250 g/mol. The van der Waals surface area contributed by atoms with Crippen molar-refractivity contribution in [3.05, 3.63) is 40.8 Å². The summed E-state index contributed by atoms with van der Waals surface area (Å²) in [5.74, 6) is 4.96. The lowest BCUT2D eigenvalue weighted by atomic mass is 10.1. The molecular formula is C11H14N4OS. The van der Waals surface area contributed by atoms with Gasteiger partial charge in [-0.1, -0.05) is 30.3 Å². The third-order valence-electron chi connectivity index (χ3n) is 1.99. The lowest BCUT2D eigenvalue weighted by molar-refractivity contribution is -0.116. The number of amides is 1. The van der Waals surface area contributed by atoms with Crippen LogP contribution in [0.5, 0.6) is 0 Å². The van der Waals surface area contributed by atoms with E-state index in [9.17, 15) is 4.79 Å². The van der Waals surface area contributed by atoms with Crippen LogP contribution in [0, 0.1) is 0 Å². The molecular weight excluding hydrogens is 236 g/mol. The number of hydrogen-bond donors (Lipinski definition) is 3. The molecule has 0 aliphatic heterocycles. The smallest absolute Gasteiger partial charge is 0.273 e. The molecule has 0 spiro atoms. The van der Waals surface area contributed by atoms with Crippen LogP contribution in [0.25, 0.3) is 5.70 Å². The van der Waals surface area contributed by atoms with Crippen molar-refractivity contribution in [1.82, 2.24) is 5.43 Å². The van der Waals surface area contributed by atoms with Crippen molar-refractivity contribution in [2.45, 2.75) is 0 Å². The van der Waals surface area contributed by atoms with E-state index >= 15 is 0 Å². The molecule has 90 valence electrons. The van der Waals surface area contributed by atoms with Crippen molar-refractivity contribution in [1.29, 1.82) is 0 Å². The number of benzene rings is 1. The molecule has 1 amide bonds. The van der Waals surface area contributed by atoms with Gasteiger partial charge in [-0.3, -0.25) is 15.2 Å². The van der Waals surface area contributed by atoms with Crippen LogP contribution in [0.15, 0.2) is 40.2 Å². The van der Waals surface area contributed by atoms with Crippen LogP contribution in [-0.4, -0.2) is 18.5 Å². The number of nitrogens with zero attached hydrogens (tertiary/aromatic N) is 1. The van der Waals surface area contributed by atoms with Gasteiger partial charge in [0.1, 0.15) is 4.91 Å². The molecule has 5 nitrogen and oxygen atoms in total. The summed E-state index contributed by atoms with van der Waals surface area (Å²) in [6, 6.07) is 9.26. The van der Waals surface area contributed by atoms with Crippen molar-refractivity contribution in [3.8, 4) is 0 Å². The molecule has 0 unspecified atom stereocenters. The van der Waals surface area contributed by atoms with Crippen LogP contribution in [0.4, 0.5) is 0 Å². The number of hydrogen-bond acceptors (Lipinski definition) is 5. The van der Waals surface area contributed by atoms with Gasteiger partial charge in [0, 0.05) is 11.4 Å². The van der Waals surface area contributed by atoms with Gasteiger partial charge in [0.05, 0.1) is 5.70 Å². The fraction of sp³-hybridized carbons (Fsp3) is 0.0909. The normalized spacial score (nSPS) is 11.6. The maximum Gasteiger partial charge on any atom is 0.273 e. The van der Waals surface area contributed by atoms with E-state index in [2.05, 4.69) is 17.1 Å². The molecule has 0 aliphatic carbocycles. The topological polar surface area (TPSA) is 93.5 Å². The standard InChI is InChI=1S/C11H14N4OS/c1-14-9(8-5-3-2-4-6-8)10(17-7-12)11(16)15-13/h2-6H,1,7,12-13H2,(H,15,16)/b10-9-. The fourth-order valence-corrected chi connectivity index (χ4v) is 1.96. The van der Waals surface area contributed by atoms with Crippen molar-refractivity contribution in [3.63, 3.8) is 0 Å². The van der Waals surface area contributed by atoms with Gasteiger partial charge in [0.15, 0.2) is 0 Å². The lowest BCUT2D eigenvalue weighted by Crippen LogP contribution is -2.31. The first-order chi connectivity index (χ1) is 8.24. The first-order valence-corrected chi connectivity index (χ1v) is 5.83. The summed E-state index contributed by atoms with van der Waals surface area (Å²) in [7, 11) is 0. The van der Waals surface area contributed by atoms with Gasteiger partial charge in [0.2, 0.25) is 0 Å². The fourth-order valence-electron chi connectivity index (χ4n) is 1.28. The van der Waals surface area contributed by atoms with Gasteiger partial charge in [-0.25, -0.2) is 5.84 Å². The Bertz CT molecular complexity index is 430. The molecule has 17 heavy (non-hydrogen) atoms. The zero-order valence-corrected chi connectivity index (χ0v) is 10.0. The molecule has 0 saturated heterocycles. The molecule has 0 aromatic heterocycles. The van der Waals surface area contributed by atoms with Gasteiger partial charge >= 0.3 is 0 Å². The van der Waals surface area contributed by atoms with E-state index in [1.165, 1.54) is 11.8 Å². The Labute approximate surface area is 104 Å². The molecule has 1 aromatic rings. The summed E-state index contributed by atoms with van der Waals surface area (Å²) in [6.45, 7) is 3.47. The summed E-state index contributed by atoms with van der Waals surface area (Å²) < 4.78 is 0. The second-order valence-electron chi connectivity index (χ2n) is 2.99. The number of nitrogens with one attached hydrogen (secondary N) is 1. The number of thioether (sulfide) groups is 1. The summed E-state index contributed by atoms with van der Waals surface area (Å²) in [4.78, 5) is 15.9. The second kappa shape index (κ2) is 6.85. The van der Waals surface area contributed by atoms with E-state index in [0.717, 1.165) is 5.56 Å². The minimum absolute atomic E-state index is 0.259. The quantitative estimate of drug-likeness (QED) is 0.179. The molecule has 0 bridgehead atoms. The van der Waals surface area contributed by atoms with Crippen molar-refractivity contribution < 1.29 is 4.79 Å². The van der Waals surface area contributed by atoms with Gasteiger partial charge in [-0.15, -0.1) is 11.8 Å². The molecule has 6 heteroatoms. The van der Waals surface area contributed by atoms with Gasteiger partial charge < -0.3 is 5.73 Å². The number of rotatable bonds is 5. The largest absolute Gasteiger partial charge is 0.322 e. The molecule has 1 rings (SSSR count). The predicted molar refractivity (Wildman–Crippen MR) is 71.9 cm³/mol. The maximum atomic E-state index is 11.6. The van der Waals surface area contributed by atoms with Gasteiger partial charge in [-0.05, 0) is 6.72 Å². The monoisotopic (exact) mass is 250 g/mol. The minimum atomic E-state index is -0.424. The summed E-state index contributed by atoms with van der Waals surface area (Å²) >= 11 is 1.17. The van der Waals surface area contributed by atoms with E-state index in [-0.39, 0.29) is 5.88 Å². The highest BCUT2D eigenvalue weighted by molar-refractivity contribution is 8.04. The van der Waals surface area contributed by atoms with Crippen molar-refractivity contribution in [2.75, 3.05) is 5.88 Å². The zero-order chi connectivity index (χ0) is 12.7. The maximum absolute atomic E-state index is 11.6. The van der Waals surface area contributed by atoms with Gasteiger partial charge in [-0.2, -0.15) is 0 Å². The number of carbonyl (C=O) groups excluding carboxylic acids is 1. The molecule has 5 N–H and O–H groups in total. The summed E-state index contributed by atoms with van der Waals surface area (Å²) in [6.07, 6.45) is 0. The third kappa shape index (κ3) is 3.42. The molecule has 0 fully saturated rings. The summed E-state index contributed by atoms with van der Waals surface area (Å²) in [5.41, 5.74) is 8.78. The Morgan fingerprint density at radius 3 is 2.53 bits per heavy atom. The number of hydrazine groups is 1. The van der Waals surface area contributed by atoms with Crippen LogP contribution >= 0.6 is 11.8 Å². The Morgan fingerprint density at radius 1 is 1.41 bits per heavy atom. The number of carbonyl (C=O) groups is 1. The van der Waals surface area contributed by atoms with Crippen molar-refractivity contribution in [2.24, 2.45) is 16.6 Å². The Morgan fingerprint density at radius 2 is 2.06 bits per heavy atom. The van der Waals surface area contributed by atoms with Crippen LogP contribution < -0.4 is 17.0 Å². The number of nitrogens with two attached hydrogens (primary N) is 2. The van der Waals surface area contributed by atoms with Gasteiger partial charge in [0.25, 0.3) is 5.91 Å². The SMILES string of the molecule is C=N/C(=C(\SCN)C(=O)NN)c1ccccc1. The minimum Gasteiger partial charge on any atom is -0.322 e. The first-order valence-electron chi connectivity index (χ1n) is 4.84. The lowest BCUT2D eigenvalue weighted by Gasteiger charge is -2.09. The highest BCUT2D eigenvalue weighted by Crippen LogP contribution is 2.27. The number of aliphatic imine (C=N–C) groups is 1. The van der Waals surface area contributed by atoms with Crippen LogP contribution in [-0.2, 0) is 4.79 Å². The van der Waals surface area contributed by atoms with E-state index in [0.29, 0.717) is 10.6 Å². The molecule has 0 heterocycles. The highest BCUT2D eigenvalue weighted by Gasteiger charge is 2.15. The van der Waals surface area contributed by atoms with Crippen LogP contribution in [0.3, 0.4) is 0 Å². The molecule has 0 aliphatic rings. The third-order valence-corrected chi connectivity index (χ3v) is 2.82. The molecule has 0 radical (unpaired) electrons. The van der Waals surface area contributed by atoms with Crippen LogP contribution in [0.2, 0.25) is 0 Å². The van der Waals surface area contributed by atoms with E-state index in [4.69, 9.17) is 11.6 Å². The Kier molecular flexibility index (Phi) is 5.41. The van der Waals surface area contributed by atoms with E-state index < -0.39 is 5.91 Å². The van der Waals surface area contributed by atoms with E-state index in [1.54, 1.807) is 0 Å². The zero-order valence-electron chi connectivity index (χ0n) is 9.22. The Hall–Kier alpha value is -1.63. The molecule has 0 atom stereocenters. The second-order valence-corrected chi connectivity index (χ2v) is 4.02. The first kappa shape index (κ1) is 13.4. The van der Waals surface area contributed by atoms with Crippen LogP contribution in [0.1, 0.15) is 5.56 Å². The molecule has 0 saturated carbocycles. The highest BCUT2D eigenvalue weighted by atomic mass is 32.2. The van der Waals surface area contributed by atoms with E-state index in [1.807, 2.05) is 30.3 Å².